The topological polar surface area (TPSA) is 50.8 Å². The number of ether oxygens (including phenoxy) is 2. The largest absolute Gasteiger partial charge is 0.385 e. The molecule has 0 aromatic heterocycles. The molecular weight excluding hydrogens is 232 g/mol. The number of methoxy groups -OCH3 is 1. The van der Waals surface area contributed by atoms with Crippen LogP contribution in [0.3, 0.4) is 0 Å². The van der Waals surface area contributed by atoms with Crippen LogP contribution in [0.25, 0.3) is 0 Å². The molecule has 106 valence electrons. The lowest BCUT2D eigenvalue weighted by Crippen LogP contribution is -2.45. The SMILES string of the molecule is CCO[C@H]1CCCN(CC(=O)NCCCOC)C1. The number of amides is 1. The lowest BCUT2D eigenvalue weighted by molar-refractivity contribution is -0.123. The zero-order valence-electron chi connectivity index (χ0n) is 11.6. The van der Waals surface area contributed by atoms with Crippen molar-refractivity contribution in [3.8, 4) is 0 Å². The molecule has 1 amide bonds. The Kier molecular flexibility index (Phi) is 7.96. The maximum absolute atomic E-state index is 11.7. The number of piperidine rings is 1. The van der Waals surface area contributed by atoms with E-state index in [1.807, 2.05) is 6.92 Å². The van der Waals surface area contributed by atoms with Gasteiger partial charge in [0.1, 0.15) is 0 Å². The predicted molar refractivity (Wildman–Crippen MR) is 70.6 cm³/mol. The van der Waals surface area contributed by atoms with Crippen LogP contribution in [0.15, 0.2) is 0 Å². The minimum absolute atomic E-state index is 0.100. The van der Waals surface area contributed by atoms with Crippen LogP contribution in [-0.4, -0.2) is 63.4 Å². The molecule has 1 aliphatic rings. The molecule has 0 radical (unpaired) electrons. The molecule has 0 saturated carbocycles. The molecule has 1 aliphatic heterocycles. The highest BCUT2D eigenvalue weighted by molar-refractivity contribution is 5.77. The minimum Gasteiger partial charge on any atom is -0.385 e. The molecule has 0 unspecified atom stereocenters. The van der Waals surface area contributed by atoms with Crippen molar-refractivity contribution < 1.29 is 14.3 Å². The molecule has 5 heteroatoms. The van der Waals surface area contributed by atoms with Gasteiger partial charge in [-0.3, -0.25) is 9.69 Å². The Bertz CT molecular complexity index is 234. The number of carbonyl (C=O) groups excluding carboxylic acids is 1. The van der Waals surface area contributed by atoms with Gasteiger partial charge >= 0.3 is 0 Å². The molecule has 18 heavy (non-hydrogen) atoms. The van der Waals surface area contributed by atoms with Crippen LogP contribution in [-0.2, 0) is 14.3 Å². The van der Waals surface area contributed by atoms with E-state index in [2.05, 4.69) is 10.2 Å². The van der Waals surface area contributed by atoms with Crippen LogP contribution in [0.5, 0.6) is 0 Å². The van der Waals surface area contributed by atoms with Crippen molar-refractivity contribution in [1.82, 2.24) is 10.2 Å². The second-order valence-electron chi connectivity index (χ2n) is 4.65. The van der Waals surface area contributed by atoms with Crippen LogP contribution in [0.2, 0.25) is 0 Å². The van der Waals surface area contributed by atoms with Crippen molar-refractivity contribution in [3.63, 3.8) is 0 Å². The number of nitrogens with zero attached hydrogens (tertiary/aromatic N) is 1. The fraction of sp³-hybridized carbons (Fsp3) is 0.923. The number of hydrogen-bond acceptors (Lipinski definition) is 4. The lowest BCUT2D eigenvalue weighted by atomic mass is 10.1. The molecule has 0 spiro atoms. The van der Waals surface area contributed by atoms with E-state index in [0.29, 0.717) is 25.8 Å². The van der Waals surface area contributed by atoms with Gasteiger partial charge in [0.2, 0.25) is 5.91 Å². The van der Waals surface area contributed by atoms with Gasteiger partial charge in [-0.1, -0.05) is 0 Å². The quantitative estimate of drug-likeness (QED) is 0.649. The molecule has 1 fully saturated rings. The summed E-state index contributed by atoms with van der Waals surface area (Å²) in [5.74, 6) is 0.100. The monoisotopic (exact) mass is 258 g/mol. The second kappa shape index (κ2) is 9.30. The Hall–Kier alpha value is -0.650. The highest BCUT2D eigenvalue weighted by Gasteiger charge is 2.21. The number of likely N-dealkylation sites (tertiary alicyclic amines) is 1. The van der Waals surface area contributed by atoms with Gasteiger partial charge in [0, 0.05) is 33.4 Å². The van der Waals surface area contributed by atoms with Crippen molar-refractivity contribution in [2.45, 2.75) is 32.3 Å². The van der Waals surface area contributed by atoms with E-state index in [4.69, 9.17) is 9.47 Å². The molecule has 1 N–H and O–H groups in total. The minimum atomic E-state index is 0.100. The van der Waals surface area contributed by atoms with Gasteiger partial charge in [-0.25, -0.2) is 0 Å². The summed E-state index contributed by atoms with van der Waals surface area (Å²) in [6, 6.07) is 0. The molecule has 1 saturated heterocycles. The van der Waals surface area contributed by atoms with Crippen molar-refractivity contribution >= 4 is 5.91 Å². The van der Waals surface area contributed by atoms with Crippen molar-refractivity contribution in [1.29, 1.82) is 0 Å². The third-order valence-corrected chi connectivity index (χ3v) is 3.08. The normalized spacial score (nSPS) is 20.9. The molecule has 0 bridgehead atoms. The first-order chi connectivity index (χ1) is 8.76. The van der Waals surface area contributed by atoms with E-state index < -0.39 is 0 Å². The third-order valence-electron chi connectivity index (χ3n) is 3.08. The van der Waals surface area contributed by atoms with Gasteiger partial charge in [0.15, 0.2) is 0 Å². The lowest BCUT2D eigenvalue weighted by Gasteiger charge is -2.31. The van der Waals surface area contributed by atoms with Crippen molar-refractivity contribution in [2.24, 2.45) is 0 Å². The van der Waals surface area contributed by atoms with E-state index in [1.54, 1.807) is 7.11 Å². The summed E-state index contributed by atoms with van der Waals surface area (Å²) in [6.45, 7) is 6.50. The summed E-state index contributed by atoms with van der Waals surface area (Å²) < 4.78 is 10.6. The van der Waals surface area contributed by atoms with Gasteiger partial charge in [-0.05, 0) is 32.7 Å². The van der Waals surface area contributed by atoms with Gasteiger partial charge in [0.25, 0.3) is 0 Å². The molecular formula is C13H26N2O3. The summed E-state index contributed by atoms with van der Waals surface area (Å²) in [5.41, 5.74) is 0. The van der Waals surface area contributed by atoms with Gasteiger partial charge in [-0.2, -0.15) is 0 Å². The molecule has 5 nitrogen and oxygen atoms in total. The average molecular weight is 258 g/mol. The maximum Gasteiger partial charge on any atom is 0.234 e. The predicted octanol–water partition coefficient (Wildman–Crippen LogP) is 0.640. The van der Waals surface area contributed by atoms with Crippen LogP contribution in [0.4, 0.5) is 0 Å². The number of nitrogens with one attached hydrogen (secondary N) is 1. The number of rotatable bonds is 8. The van der Waals surface area contributed by atoms with E-state index in [9.17, 15) is 4.79 Å². The summed E-state index contributed by atoms with van der Waals surface area (Å²) in [4.78, 5) is 13.9. The molecule has 1 heterocycles. The average Bonchev–Trinajstić information content (AvgIpc) is 2.35. The standard InChI is InChI=1S/C13H26N2O3/c1-3-18-12-6-4-8-15(10-12)11-13(16)14-7-5-9-17-2/h12H,3-11H2,1-2H3,(H,14,16)/t12-/m0/s1. The van der Waals surface area contributed by atoms with Gasteiger partial charge in [0.05, 0.1) is 12.6 Å². The number of hydrogen-bond donors (Lipinski definition) is 1. The van der Waals surface area contributed by atoms with E-state index in [1.165, 1.54) is 0 Å². The summed E-state index contributed by atoms with van der Waals surface area (Å²) in [7, 11) is 1.67. The number of carbonyl (C=O) groups is 1. The van der Waals surface area contributed by atoms with Crippen LogP contribution in [0.1, 0.15) is 26.2 Å². The van der Waals surface area contributed by atoms with Crippen LogP contribution >= 0.6 is 0 Å². The van der Waals surface area contributed by atoms with E-state index in [-0.39, 0.29) is 5.91 Å². The first kappa shape index (κ1) is 15.4. The summed E-state index contributed by atoms with van der Waals surface area (Å²) >= 11 is 0. The Morgan fingerprint density at radius 2 is 2.33 bits per heavy atom. The van der Waals surface area contributed by atoms with Gasteiger partial charge in [-0.15, -0.1) is 0 Å². The second-order valence-corrected chi connectivity index (χ2v) is 4.65. The molecule has 1 rings (SSSR count). The Labute approximate surface area is 110 Å². The first-order valence-corrected chi connectivity index (χ1v) is 6.85. The van der Waals surface area contributed by atoms with Crippen LogP contribution < -0.4 is 5.32 Å². The van der Waals surface area contributed by atoms with Crippen molar-refractivity contribution in [2.75, 3.05) is 46.5 Å². The molecule has 0 aromatic carbocycles. The molecule has 0 aromatic rings. The smallest absolute Gasteiger partial charge is 0.234 e. The zero-order valence-corrected chi connectivity index (χ0v) is 11.6. The Balaban J connectivity index is 2.14. The van der Waals surface area contributed by atoms with Crippen molar-refractivity contribution in [3.05, 3.63) is 0 Å². The molecule has 0 aliphatic carbocycles. The maximum atomic E-state index is 11.7. The molecule has 1 atom stereocenters. The van der Waals surface area contributed by atoms with Crippen LogP contribution in [0, 0.1) is 0 Å². The Morgan fingerprint density at radius 3 is 3.06 bits per heavy atom. The Morgan fingerprint density at radius 1 is 1.50 bits per heavy atom. The fourth-order valence-corrected chi connectivity index (χ4v) is 2.23. The highest BCUT2D eigenvalue weighted by atomic mass is 16.5. The summed E-state index contributed by atoms with van der Waals surface area (Å²) in [5, 5.41) is 2.91. The first-order valence-electron chi connectivity index (χ1n) is 6.85. The highest BCUT2D eigenvalue weighted by Crippen LogP contribution is 2.12. The van der Waals surface area contributed by atoms with E-state index >= 15 is 0 Å². The summed E-state index contributed by atoms with van der Waals surface area (Å²) in [6.07, 6.45) is 3.38. The zero-order chi connectivity index (χ0) is 13.2. The van der Waals surface area contributed by atoms with Gasteiger partial charge < -0.3 is 14.8 Å². The van der Waals surface area contributed by atoms with E-state index in [0.717, 1.165) is 39.0 Å². The fourth-order valence-electron chi connectivity index (χ4n) is 2.23. The third kappa shape index (κ3) is 6.33.